The van der Waals surface area contributed by atoms with E-state index in [4.69, 9.17) is 4.98 Å². The maximum absolute atomic E-state index is 4.94. The standard InChI is InChI=1S/C40H29N3/c1-2-38-42-36-22-7-8-23-37(36)43(38)30-16-12-15-29(26-30)40-33-19-5-3-17-31(33)39(32-18-4-6-20-34(32)40)28-14-11-13-27(25-28)35-21-9-10-24-41-35/h3-26H,2H2,1H3. The van der Waals surface area contributed by atoms with Crippen molar-refractivity contribution in [2.45, 2.75) is 13.3 Å². The topological polar surface area (TPSA) is 30.7 Å². The summed E-state index contributed by atoms with van der Waals surface area (Å²) in [6.45, 7) is 2.17. The zero-order valence-electron chi connectivity index (χ0n) is 23.9. The summed E-state index contributed by atoms with van der Waals surface area (Å²) in [5.74, 6) is 1.07. The average Bonchev–Trinajstić information content (AvgIpc) is 3.46. The molecule has 8 rings (SSSR count). The van der Waals surface area contributed by atoms with Crippen LogP contribution in [0.4, 0.5) is 0 Å². The molecule has 0 aliphatic carbocycles. The van der Waals surface area contributed by atoms with Crippen molar-refractivity contribution in [3.63, 3.8) is 0 Å². The summed E-state index contributed by atoms with van der Waals surface area (Å²) in [7, 11) is 0. The highest BCUT2D eigenvalue weighted by atomic mass is 15.1. The number of pyridine rings is 1. The normalized spacial score (nSPS) is 11.5. The van der Waals surface area contributed by atoms with E-state index in [1.54, 1.807) is 0 Å². The predicted octanol–water partition coefficient (Wildman–Crippen LogP) is 10.3. The van der Waals surface area contributed by atoms with Gasteiger partial charge >= 0.3 is 0 Å². The number of hydrogen-bond donors (Lipinski definition) is 0. The van der Waals surface area contributed by atoms with E-state index in [2.05, 4.69) is 144 Å². The van der Waals surface area contributed by atoms with Gasteiger partial charge in [-0.05, 0) is 86.3 Å². The Kier molecular flexibility index (Phi) is 6.08. The minimum Gasteiger partial charge on any atom is -0.296 e. The summed E-state index contributed by atoms with van der Waals surface area (Å²) in [6.07, 6.45) is 2.71. The summed E-state index contributed by atoms with van der Waals surface area (Å²) in [6, 6.07) is 49.8. The van der Waals surface area contributed by atoms with Crippen molar-refractivity contribution in [3.05, 3.63) is 152 Å². The zero-order chi connectivity index (χ0) is 28.8. The van der Waals surface area contributed by atoms with Crippen LogP contribution in [0.2, 0.25) is 0 Å². The van der Waals surface area contributed by atoms with Gasteiger partial charge in [0.25, 0.3) is 0 Å². The van der Waals surface area contributed by atoms with Crippen LogP contribution in [0.15, 0.2) is 146 Å². The number of rotatable bonds is 5. The molecule has 3 nitrogen and oxygen atoms in total. The molecule has 0 fully saturated rings. The van der Waals surface area contributed by atoms with Crippen LogP contribution in [0.3, 0.4) is 0 Å². The molecule has 3 heteroatoms. The second kappa shape index (κ2) is 10.4. The minimum absolute atomic E-state index is 0.858. The van der Waals surface area contributed by atoms with E-state index in [-0.39, 0.29) is 0 Å². The third kappa shape index (κ3) is 4.21. The van der Waals surface area contributed by atoms with Crippen molar-refractivity contribution < 1.29 is 0 Å². The van der Waals surface area contributed by atoms with Gasteiger partial charge in [0.05, 0.1) is 16.7 Å². The van der Waals surface area contributed by atoms with Gasteiger partial charge in [0.15, 0.2) is 0 Å². The molecule has 0 aliphatic heterocycles. The second-order valence-electron chi connectivity index (χ2n) is 10.9. The Bertz CT molecular complexity index is 2220. The Morgan fingerprint density at radius 2 is 1.12 bits per heavy atom. The fraction of sp³-hybridized carbons (Fsp3) is 0.0500. The molecule has 204 valence electrons. The molecule has 0 unspecified atom stereocenters. The maximum atomic E-state index is 4.94. The van der Waals surface area contributed by atoms with E-state index in [0.29, 0.717) is 0 Å². The lowest BCUT2D eigenvalue weighted by atomic mass is 9.85. The monoisotopic (exact) mass is 551 g/mol. The number of aryl methyl sites for hydroxylation is 1. The smallest absolute Gasteiger partial charge is 0.114 e. The molecule has 0 saturated heterocycles. The Balaban J connectivity index is 1.39. The summed E-state index contributed by atoms with van der Waals surface area (Å²) < 4.78 is 2.31. The number of nitrogens with zero attached hydrogens (tertiary/aromatic N) is 3. The Morgan fingerprint density at radius 3 is 1.77 bits per heavy atom. The van der Waals surface area contributed by atoms with Crippen LogP contribution in [0.5, 0.6) is 0 Å². The van der Waals surface area contributed by atoms with Gasteiger partial charge in [-0.1, -0.05) is 104 Å². The molecule has 0 aliphatic rings. The van der Waals surface area contributed by atoms with E-state index in [1.165, 1.54) is 43.8 Å². The van der Waals surface area contributed by atoms with Crippen LogP contribution in [0.25, 0.3) is 71.8 Å². The number of fused-ring (bicyclic) bond motifs is 3. The van der Waals surface area contributed by atoms with E-state index in [0.717, 1.165) is 40.2 Å². The summed E-state index contributed by atoms with van der Waals surface area (Å²) in [5.41, 5.74) is 10.3. The van der Waals surface area contributed by atoms with Gasteiger partial charge in [-0.2, -0.15) is 0 Å². The molecule has 43 heavy (non-hydrogen) atoms. The fourth-order valence-electron chi connectivity index (χ4n) is 6.52. The van der Waals surface area contributed by atoms with E-state index >= 15 is 0 Å². The van der Waals surface area contributed by atoms with Gasteiger partial charge in [-0.15, -0.1) is 0 Å². The zero-order valence-corrected chi connectivity index (χ0v) is 23.9. The first kappa shape index (κ1) is 25.2. The van der Waals surface area contributed by atoms with E-state index in [1.807, 2.05) is 18.3 Å². The van der Waals surface area contributed by atoms with Crippen LogP contribution in [0.1, 0.15) is 12.7 Å². The number of para-hydroxylation sites is 2. The minimum atomic E-state index is 0.858. The van der Waals surface area contributed by atoms with Crippen LogP contribution >= 0.6 is 0 Å². The Labute approximate surface area is 250 Å². The number of benzene rings is 6. The first-order valence-corrected chi connectivity index (χ1v) is 14.8. The van der Waals surface area contributed by atoms with E-state index in [9.17, 15) is 0 Å². The van der Waals surface area contributed by atoms with Crippen LogP contribution < -0.4 is 0 Å². The van der Waals surface area contributed by atoms with Crippen molar-refractivity contribution in [1.29, 1.82) is 0 Å². The van der Waals surface area contributed by atoms with Crippen molar-refractivity contribution >= 4 is 32.6 Å². The quantitative estimate of drug-likeness (QED) is 0.199. The molecule has 0 amide bonds. The summed E-state index contributed by atoms with van der Waals surface area (Å²) >= 11 is 0. The van der Waals surface area contributed by atoms with Gasteiger partial charge in [0.2, 0.25) is 0 Å². The number of hydrogen-bond acceptors (Lipinski definition) is 2. The SMILES string of the molecule is CCc1nc2ccccc2n1-c1cccc(-c2c3ccccc3c(-c3cccc(-c4ccccn4)c3)c3ccccc23)c1. The van der Waals surface area contributed by atoms with Crippen molar-refractivity contribution in [3.8, 4) is 39.2 Å². The fourth-order valence-corrected chi connectivity index (χ4v) is 6.52. The van der Waals surface area contributed by atoms with Gasteiger partial charge in [0, 0.05) is 23.9 Å². The van der Waals surface area contributed by atoms with E-state index < -0.39 is 0 Å². The lowest BCUT2D eigenvalue weighted by molar-refractivity contribution is 0.908. The molecule has 8 aromatic rings. The van der Waals surface area contributed by atoms with Crippen LogP contribution in [0, 0.1) is 0 Å². The number of aromatic nitrogens is 3. The summed E-state index contributed by atoms with van der Waals surface area (Å²) in [4.78, 5) is 9.56. The molecule has 0 radical (unpaired) electrons. The third-order valence-corrected chi connectivity index (χ3v) is 8.38. The lowest BCUT2D eigenvalue weighted by Gasteiger charge is -2.19. The molecule has 2 heterocycles. The van der Waals surface area contributed by atoms with Crippen LogP contribution in [-0.4, -0.2) is 14.5 Å². The van der Waals surface area contributed by atoms with Crippen LogP contribution in [-0.2, 0) is 6.42 Å². The first-order valence-electron chi connectivity index (χ1n) is 14.8. The van der Waals surface area contributed by atoms with Gasteiger partial charge in [-0.3, -0.25) is 9.55 Å². The maximum Gasteiger partial charge on any atom is 0.114 e. The highest BCUT2D eigenvalue weighted by Gasteiger charge is 2.18. The molecule has 0 bridgehead atoms. The van der Waals surface area contributed by atoms with Gasteiger partial charge < -0.3 is 0 Å². The second-order valence-corrected chi connectivity index (χ2v) is 10.9. The molecule has 0 spiro atoms. The molecule has 2 aromatic heterocycles. The molecule has 6 aromatic carbocycles. The van der Waals surface area contributed by atoms with Crippen molar-refractivity contribution in [1.82, 2.24) is 14.5 Å². The molecule has 0 atom stereocenters. The largest absolute Gasteiger partial charge is 0.296 e. The Morgan fingerprint density at radius 1 is 0.535 bits per heavy atom. The van der Waals surface area contributed by atoms with Gasteiger partial charge in [0.1, 0.15) is 5.82 Å². The molecule has 0 N–H and O–H groups in total. The lowest BCUT2D eigenvalue weighted by Crippen LogP contribution is -2.00. The molecular weight excluding hydrogens is 522 g/mol. The summed E-state index contributed by atoms with van der Waals surface area (Å²) in [5, 5.41) is 4.95. The highest BCUT2D eigenvalue weighted by Crippen LogP contribution is 2.44. The highest BCUT2D eigenvalue weighted by molar-refractivity contribution is 6.21. The van der Waals surface area contributed by atoms with Gasteiger partial charge in [-0.25, -0.2) is 4.98 Å². The Hall–Kier alpha value is -5.54. The molecule has 0 saturated carbocycles. The number of imidazole rings is 1. The first-order chi connectivity index (χ1) is 21.3. The van der Waals surface area contributed by atoms with Crippen molar-refractivity contribution in [2.75, 3.05) is 0 Å². The average molecular weight is 552 g/mol. The predicted molar refractivity (Wildman–Crippen MR) is 180 cm³/mol. The molecular formula is C40H29N3. The third-order valence-electron chi connectivity index (χ3n) is 8.38. The van der Waals surface area contributed by atoms with Crippen molar-refractivity contribution in [2.24, 2.45) is 0 Å².